The largest absolute Gasteiger partial charge is 0.495 e. The second-order valence-electron chi connectivity index (χ2n) is 7.64. The van der Waals surface area contributed by atoms with Gasteiger partial charge in [0.2, 0.25) is 10.0 Å². The highest BCUT2D eigenvalue weighted by Gasteiger charge is 2.33. The van der Waals surface area contributed by atoms with Crippen molar-refractivity contribution in [3.63, 3.8) is 0 Å². The van der Waals surface area contributed by atoms with Gasteiger partial charge in [-0.3, -0.25) is 0 Å². The molecule has 7 nitrogen and oxygen atoms in total. The van der Waals surface area contributed by atoms with Crippen LogP contribution in [0.5, 0.6) is 5.75 Å². The highest BCUT2D eigenvalue weighted by Crippen LogP contribution is 2.34. The number of methoxy groups -OCH3 is 1. The lowest BCUT2D eigenvalue weighted by Gasteiger charge is -2.35. The smallest absolute Gasteiger partial charge is 0.416 e. The van der Waals surface area contributed by atoms with Crippen LogP contribution in [0.3, 0.4) is 0 Å². The lowest BCUT2D eigenvalue weighted by molar-refractivity contribution is -0.137. The Morgan fingerprint density at radius 3 is 2.36 bits per heavy atom. The summed E-state index contributed by atoms with van der Waals surface area (Å²) in [7, 11) is -2.50. The fourth-order valence-electron chi connectivity index (χ4n) is 3.74. The number of hydrogen-bond acceptors (Lipinski definition) is 6. The van der Waals surface area contributed by atoms with E-state index in [1.807, 2.05) is 0 Å². The summed E-state index contributed by atoms with van der Waals surface area (Å²) in [6, 6.07) is 11.4. The van der Waals surface area contributed by atoms with E-state index in [4.69, 9.17) is 9.26 Å². The van der Waals surface area contributed by atoms with Crippen molar-refractivity contribution in [2.24, 2.45) is 0 Å². The minimum Gasteiger partial charge on any atom is -0.495 e. The fraction of sp³-hybridized carbons (Fsp3) is 0.318. The number of anilines is 1. The van der Waals surface area contributed by atoms with Gasteiger partial charge in [-0.2, -0.15) is 17.5 Å². The maximum Gasteiger partial charge on any atom is 0.416 e. The van der Waals surface area contributed by atoms with Crippen molar-refractivity contribution in [3.05, 3.63) is 59.8 Å². The molecule has 4 rings (SSSR count). The minimum atomic E-state index is -4.44. The Morgan fingerprint density at radius 2 is 1.76 bits per heavy atom. The van der Waals surface area contributed by atoms with Gasteiger partial charge in [0, 0.05) is 43.5 Å². The van der Waals surface area contributed by atoms with Crippen LogP contribution in [-0.4, -0.2) is 51.2 Å². The SMILES string of the molecule is COc1cc(-c2cc(C)no2)ccc1S(=O)(=O)N1CCN(c2cccc(C(F)(F)F)c2)CC1. The molecule has 2 heterocycles. The zero-order valence-corrected chi connectivity index (χ0v) is 18.8. The van der Waals surface area contributed by atoms with Crippen LogP contribution in [0, 0.1) is 6.92 Å². The zero-order valence-electron chi connectivity index (χ0n) is 18.0. The van der Waals surface area contributed by atoms with Gasteiger partial charge in [-0.25, -0.2) is 8.42 Å². The van der Waals surface area contributed by atoms with Gasteiger partial charge in [0.15, 0.2) is 5.76 Å². The molecule has 0 saturated carbocycles. The first-order valence-corrected chi connectivity index (χ1v) is 11.6. The Hall–Kier alpha value is -3.05. The van der Waals surface area contributed by atoms with E-state index in [2.05, 4.69) is 5.16 Å². The third-order valence-corrected chi connectivity index (χ3v) is 7.41. The van der Waals surface area contributed by atoms with E-state index < -0.39 is 21.8 Å². The molecule has 1 fully saturated rings. The van der Waals surface area contributed by atoms with Crippen LogP contribution in [0.15, 0.2) is 57.9 Å². The van der Waals surface area contributed by atoms with Gasteiger partial charge in [0.05, 0.1) is 18.4 Å². The summed E-state index contributed by atoms with van der Waals surface area (Å²) >= 11 is 0. The summed E-state index contributed by atoms with van der Waals surface area (Å²) in [5.74, 6) is 0.659. The summed E-state index contributed by atoms with van der Waals surface area (Å²) in [5, 5.41) is 3.83. The number of sulfonamides is 1. The van der Waals surface area contributed by atoms with Gasteiger partial charge >= 0.3 is 6.18 Å². The molecule has 1 aromatic heterocycles. The highest BCUT2D eigenvalue weighted by atomic mass is 32.2. The molecular formula is C22H22F3N3O4S. The van der Waals surface area contributed by atoms with Crippen LogP contribution < -0.4 is 9.64 Å². The van der Waals surface area contributed by atoms with E-state index in [-0.39, 0.29) is 36.8 Å². The van der Waals surface area contributed by atoms with Crippen molar-refractivity contribution in [3.8, 4) is 17.1 Å². The van der Waals surface area contributed by atoms with Crippen LogP contribution >= 0.6 is 0 Å². The first kappa shape index (κ1) is 23.1. The van der Waals surface area contributed by atoms with Crippen molar-refractivity contribution < 1.29 is 30.8 Å². The van der Waals surface area contributed by atoms with Crippen LogP contribution in [0.1, 0.15) is 11.3 Å². The van der Waals surface area contributed by atoms with Crippen molar-refractivity contribution in [1.82, 2.24) is 9.46 Å². The number of ether oxygens (including phenoxy) is 1. The van der Waals surface area contributed by atoms with E-state index in [0.717, 1.165) is 12.1 Å². The maximum absolute atomic E-state index is 13.3. The van der Waals surface area contributed by atoms with Gasteiger partial charge in [-0.15, -0.1) is 0 Å². The number of halogens is 3. The maximum atomic E-state index is 13.3. The monoisotopic (exact) mass is 481 g/mol. The molecule has 0 atom stereocenters. The molecule has 0 spiro atoms. The Morgan fingerprint density at radius 1 is 1.03 bits per heavy atom. The minimum absolute atomic E-state index is 0.0116. The molecule has 0 N–H and O–H groups in total. The number of piperazine rings is 1. The van der Waals surface area contributed by atoms with Crippen LogP contribution in [0.25, 0.3) is 11.3 Å². The van der Waals surface area contributed by atoms with Gasteiger partial charge in [0.1, 0.15) is 10.6 Å². The summed E-state index contributed by atoms with van der Waals surface area (Å²) in [6.07, 6.45) is -4.44. The molecule has 0 radical (unpaired) electrons. The molecule has 0 amide bonds. The number of hydrogen-bond donors (Lipinski definition) is 0. The Balaban J connectivity index is 1.52. The third kappa shape index (κ3) is 4.69. The standard InChI is InChI=1S/C22H22F3N3O4S/c1-15-12-19(32-26-15)16-6-7-21(20(13-16)31-2)33(29,30)28-10-8-27(9-11-28)18-5-3-4-17(14-18)22(23,24)25/h3-7,12-14H,8-11H2,1-2H3. The number of benzene rings is 2. The van der Waals surface area contributed by atoms with Crippen molar-refractivity contribution in [1.29, 1.82) is 0 Å². The van der Waals surface area contributed by atoms with Gasteiger partial charge in [-0.1, -0.05) is 11.2 Å². The average Bonchev–Trinajstić information content (AvgIpc) is 3.24. The van der Waals surface area contributed by atoms with E-state index in [1.165, 1.54) is 23.5 Å². The molecule has 2 aromatic carbocycles. The highest BCUT2D eigenvalue weighted by molar-refractivity contribution is 7.89. The predicted octanol–water partition coefficient (Wildman–Crippen LogP) is 4.19. The fourth-order valence-corrected chi connectivity index (χ4v) is 5.30. The molecule has 1 saturated heterocycles. The van der Waals surface area contributed by atoms with E-state index >= 15 is 0 Å². The quantitative estimate of drug-likeness (QED) is 0.544. The van der Waals surface area contributed by atoms with Crippen molar-refractivity contribution in [2.45, 2.75) is 18.0 Å². The molecular weight excluding hydrogens is 459 g/mol. The molecule has 176 valence electrons. The summed E-state index contributed by atoms with van der Waals surface area (Å²) in [4.78, 5) is 1.76. The second kappa shape index (κ2) is 8.71. The summed E-state index contributed by atoms with van der Waals surface area (Å²) in [6.45, 7) is 2.56. The molecule has 33 heavy (non-hydrogen) atoms. The normalized spacial score (nSPS) is 15.6. The van der Waals surface area contributed by atoms with Crippen molar-refractivity contribution >= 4 is 15.7 Å². The molecule has 1 aliphatic rings. The zero-order chi connectivity index (χ0) is 23.8. The number of aryl methyl sites for hydroxylation is 1. The van der Waals surface area contributed by atoms with Gasteiger partial charge < -0.3 is 14.2 Å². The second-order valence-corrected chi connectivity index (χ2v) is 9.54. The first-order valence-electron chi connectivity index (χ1n) is 10.1. The van der Waals surface area contributed by atoms with Crippen LogP contribution in [0.4, 0.5) is 18.9 Å². The molecule has 0 bridgehead atoms. The van der Waals surface area contributed by atoms with Crippen LogP contribution in [-0.2, 0) is 16.2 Å². The number of rotatable bonds is 5. The van der Waals surface area contributed by atoms with Gasteiger partial charge in [-0.05, 0) is 43.3 Å². The van der Waals surface area contributed by atoms with Crippen LogP contribution in [0.2, 0.25) is 0 Å². The van der Waals surface area contributed by atoms with E-state index in [1.54, 1.807) is 36.1 Å². The van der Waals surface area contributed by atoms with Crippen molar-refractivity contribution in [2.75, 3.05) is 38.2 Å². The van der Waals surface area contributed by atoms with E-state index in [0.29, 0.717) is 22.7 Å². The molecule has 0 aliphatic carbocycles. The molecule has 3 aromatic rings. The Labute approximate surface area is 189 Å². The predicted molar refractivity (Wildman–Crippen MR) is 116 cm³/mol. The van der Waals surface area contributed by atoms with Gasteiger partial charge in [0.25, 0.3) is 0 Å². The summed E-state index contributed by atoms with van der Waals surface area (Å²) < 4.78 is 77.5. The number of alkyl halides is 3. The lowest BCUT2D eigenvalue weighted by atomic mass is 10.1. The topological polar surface area (TPSA) is 75.9 Å². The lowest BCUT2D eigenvalue weighted by Crippen LogP contribution is -2.48. The average molecular weight is 481 g/mol. The third-order valence-electron chi connectivity index (χ3n) is 5.47. The van der Waals surface area contributed by atoms with E-state index in [9.17, 15) is 21.6 Å². The molecule has 1 aliphatic heterocycles. The molecule has 11 heteroatoms. The number of nitrogens with zero attached hydrogens (tertiary/aromatic N) is 3. The molecule has 0 unspecified atom stereocenters. The Bertz CT molecular complexity index is 1250. The first-order chi connectivity index (χ1) is 15.6. The number of aromatic nitrogens is 1. The summed E-state index contributed by atoms with van der Waals surface area (Å²) in [5.41, 5.74) is 0.994. The Kier molecular flexibility index (Phi) is 6.10.